The van der Waals surface area contributed by atoms with Crippen molar-refractivity contribution in [3.63, 3.8) is 0 Å². The third-order valence-corrected chi connectivity index (χ3v) is 5.04. The van der Waals surface area contributed by atoms with E-state index >= 15 is 0 Å². The number of alkyl halides is 7. The van der Waals surface area contributed by atoms with Crippen LogP contribution in [0.3, 0.4) is 0 Å². The number of likely N-dealkylation sites (tertiary alicyclic amines) is 1. The van der Waals surface area contributed by atoms with E-state index < -0.39 is 52.1 Å². The van der Waals surface area contributed by atoms with Gasteiger partial charge < -0.3 is 4.90 Å². The number of carbonyl (C=O) groups excluding carboxylic acids is 1. The Hall–Kier alpha value is -1.07. The summed E-state index contributed by atoms with van der Waals surface area (Å²) < 4.78 is 110. The number of amides is 1. The van der Waals surface area contributed by atoms with Crippen LogP contribution in [0.25, 0.3) is 0 Å². The van der Waals surface area contributed by atoms with Gasteiger partial charge in [0.05, 0.1) is 5.25 Å². The molecule has 1 saturated heterocycles. The summed E-state index contributed by atoms with van der Waals surface area (Å²) in [5.74, 6) is -15.1. The van der Waals surface area contributed by atoms with Crippen LogP contribution < -0.4 is 0 Å². The van der Waals surface area contributed by atoms with E-state index in [0.29, 0.717) is 0 Å². The van der Waals surface area contributed by atoms with Crippen molar-refractivity contribution in [1.29, 1.82) is 0 Å². The predicted octanol–water partition coefficient (Wildman–Crippen LogP) is 1.85. The first-order valence-corrected chi connectivity index (χ1v) is 7.88. The number of rotatable bonds is 3. The van der Waals surface area contributed by atoms with Crippen LogP contribution in [0.2, 0.25) is 0 Å². The Labute approximate surface area is 121 Å². The Morgan fingerprint density at radius 1 is 1.00 bits per heavy atom. The topological polar surface area (TPSA) is 54.5 Å². The standard InChI is InChI=1S/C10H12F7NO3S/c1-22(20,21)6-2-4-18(5-3-6)7(19)8(11,12)9(13,14)10(15,16)17/h6H,2-5H2,1H3. The molecule has 0 bridgehead atoms. The molecule has 0 unspecified atom stereocenters. The lowest BCUT2D eigenvalue weighted by molar-refractivity contribution is -0.346. The second-order valence-electron chi connectivity index (χ2n) is 4.97. The molecule has 0 spiro atoms. The minimum Gasteiger partial charge on any atom is -0.337 e. The molecular weight excluding hydrogens is 347 g/mol. The Morgan fingerprint density at radius 2 is 1.41 bits per heavy atom. The summed E-state index contributed by atoms with van der Waals surface area (Å²) in [6.45, 7) is -1.28. The quantitative estimate of drug-likeness (QED) is 0.723. The molecular formula is C10H12F7NO3S. The zero-order chi connectivity index (χ0) is 17.6. The molecule has 0 aromatic carbocycles. The summed E-state index contributed by atoms with van der Waals surface area (Å²) >= 11 is 0. The molecule has 1 aliphatic heterocycles. The third kappa shape index (κ3) is 3.30. The first kappa shape index (κ1) is 19.0. The average molecular weight is 359 g/mol. The van der Waals surface area contributed by atoms with Gasteiger partial charge >= 0.3 is 18.0 Å². The van der Waals surface area contributed by atoms with Crippen molar-refractivity contribution in [2.45, 2.75) is 36.1 Å². The van der Waals surface area contributed by atoms with Crippen molar-refractivity contribution in [2.24, 2.45) is 0 Å². The summed E-state index contributed by atoms with van der Waals surface area (Å²) in [5.41, 5.74) is 0. The van der Waals surface area contributed by atoms with Crippen molar-refractivity contribution in [1.82, 2.24) is 4.90 Å². The number of hydrogen-bond acceptors (Lipinski definition) is 3. The lowest BCUT2D eigenvalue weighted by Crippen LogP contribution is -2.61. The lowest BCUT2D eigenvalue weighted by atomic mass is 10.1. The third-order valence-electron chi connectivity index (χ3n) is 3.35. The zero-order valence-corrected chi connectivity index (χ0v) is 11.9. The Kier molecular flexibility index (Phi) is 4.77. The fraction of sp³-hybridized carbons (Fsp3) is 0.900. The molecule has 1 rings (SSSR count). The average Bonchev–Trinajstić information content (AvgIpc) is 2.35. The zero-order valence-electron chi connectivity index (χ0n) is 11.1. The summed E-state index contributed by atoms with van der Waals surface area (Å²) in [4.78, 5) is 11.4. The van der Waals surface area contributed by atoms with Crippen LogP contribution in [0, 0.1) is 0 Å². The van der Waals surface area contributed by atoms with Crippen LogP contribution in [0.4, 0.5) is 30.7 Å². The van der Waals surface area contributed by atoms with E-state index in [1.165, 1.54) is 0 Å². The molecule has 1 amide bonds. The van der Waals surface area contributed by atoms with Gasteiger partial charge in [-0.05, 0) is 12.8 Å². The summed E-state index contributed by atoms with van der Waals surface area (Å²) in [6, 6.07) is 0. The van der Waals surface area contributed by atoms with E-state index in [2.05, 4.69) is 0 Å². The second kappa shape index (κ2) is 5.53. The van der Waals surface area contributed by atoms with Gasteiger partial charge in [-0.15, -0.1) is 0 Å². The SMILES string of the molecule is CS(=O)(=O)C1CCN(C(=O)C(F)(F)C(F)(F)C(F)(F)F)CC1. The summed E-state index contributed by atoms with van der Waals surface area (Å²) in [7, 11) is -3.52. The van der Waals surface area contributed by atoms with Gasteiger partial charge in [-0.25, -0.2) is 8.42 Å². The normalized spacial score (nSPS) is 19.4. The number of hydrogen-bond donors (Lipinski definition) is 0. The van der Waals surface area contributed by atoms with E-state index in [0.717, 1.165) is 6.26 Å². The lowest BCUT2D eigenvalue weighted by Gasteiger charge is -2.35. The first-order chi connectivity index (χ1) is 9.62. The number of halogens is 7. The molecule has 12 heteroatoms. The highest BCUT2D eigenvalue weighted by atomic mass is 32.2. The Bertz CT molecular complexity index is 535. The first-order valence-electron chi connectivity index (χ1n) is 5.93. The maximum Gasteiger partial charge on any atom is 0.460 e. The molecule has 1 aliphatic rings. The van der Waals surface area contributed by atoms with Gasteiger partial charge in [0.25, 0.3) is 5.91 Å². The predicted molar refractivity (Wildman–Crippen MR) is 60.4 cm³/mol. The fourth-order valence-electron chi connectivity index (χ4n) is 2.00. The van der Waals surface area contributed by atoms with Crippen LogP contribution in [0.1, 0.15) is 12.8 Å². The number of sulfone groups is 1. The van der Waals surface area contributed by atoms with Crippen LogP contribution in [-0.4, -0.2) is 61.8 Å². The van der Waals surface area contributed by atoms with Gasteiger partial charge in [-0.2, -0.15) is 30.7 Å². The maximum absolute atomic E-state index is 13.2. The molecule has 0 aliphatic carbocycles. The molecule has 1 fully saturated rings. The molecule has 0 aromatic heterocycles. The molecule has 0 atom stereocenters. The van der Waals surface area contributed by atoms with Gasteiger partial charge in [-0.3, -0.25) is 4.79 Å². The van der Waals surface area contributed by atoms with E-state index in [9.17, 15) is 43.9 Å². The molecule has 130 valence electrons. The van der Waals surface area contributed by atoms with Crippen LogP contribution in [0.5, 0.6) is 0 Å². The van der Waals surface area contributed by atoms with E-state index in [1.807, 2.05) is 0 Å². The fourth-order valence-corrected chi connectivity index (χ4v) is 3.07. The van der Waals surface area contributed by atoms with Crippen LogP contribution in [-0.2, 0) is 14.6 Å². The van der Waals surface area contributed by atoms with Crippen molar-refractivity contribution >= 4 is 15.7 Å². The molecule has 0 N–H and O–H groups in total. The van der Waals surface area contributed by atoms with Crippen molar-refractivity contribution in [3.8, 4) is 0 Å². The van der Waals surface area contributed by atoms with Gasteiger partial charge in [-0.1, -0.05) is 0 Å². The molecule has 0 saturated carbocycles. The Balaban J connectivity index is 2.90. The van der Waals surface area contributed by atoms with E-state index in [-0.39, 0.29) is 17.7 Å². The molecule has 0 aromatic rings. The van der Waals surface area contributed by atoms with Gasteiger partial charge in [0.2, 0.25) is 0 Å². The molecule has 0 radical (unpaired) electrons. The van der Waals surface area contributed by atoms with Crippen molar-refractivity contribution in [3.05, 3.63) is 0 Å². The smallest absolute Gasteiger partial charge is 0.337 e. The summed E-state index contributed by atoms with van der Waals surface area (Å²) in [5, 5.41) is -0.951. The number of piperidine rings is 1. The monoisotopic (exact) mass is 359 g/mol. The van der Waals surface area contributed by atoms with Crippen molar-refractivity contribution < 1.29 is 43.9 Å². The second-order valence-corrected chi connectivity index (χ2v) is 7.29. The highest BCUT2D eigenvalue weighted by Gasteiger charge is 2.76. The van der Waals surface area contributed by atoms with Crippen LogP contribution in [0.15, 0.2) is 0 Å². The number of carbonyl (C=O) groups is 1. The van der Waals surface area contributed by atoms with Crippen LogP contribution >= 0.6 is 0 Å². The minimum atomic E-state index is -6.59. The molecule has 4 nitrogen and oxygen atoms in total. The number of nitrogens with zero attached hydrogens (tertiary/aromatic N) is 1. The van der Waals surface area contributed by atoms with E-state index in [4.69, 9.17) is 0 Å². The minimum absolute atomic E-state index is 0.126. The highest BCUT2D eigenvalue weighted by Crippen LogP contribution is 2.47. The maximum atomic E-state index is 13.2. The molecule has 22 heavy (non-hydrogen) atoms. The molecule has 1 heterocycles. The largest absolute Gasteiger partial charge is 0.460 e. The van der Waals surface area contributed by atoms with E-state index in [1.54, 1.807) is 0 Å². The van der Waals surface area contributed by atoms with Gasteiger partial charge in [0.15, 0.2) is 0 Å². The summed E-state index contributed by atoms with van der Waals surface area (Å²) in [6.07, 6.45) is -6.32. The Morgan fingerprint density at radius 3 is 1.73 bits per heavy atom. The van der Waals surface area contributed by atoms with Gasteiger partial charge in [0.1, 0.15) is 9.84 Å². The van der Waals surface area contributed by atoms with Crippen molar-refractivity contribution in [2.75, 3.05) is 19.3 Å². The van der Waals surface area contributed by atoms with Gasteiger partial charge in [0, 0.05) is 19.3 Å². The highest BCUT2D eigenvalue weighted by molar-refractivity contribution is 7.91.